The molecule has 0 atom stereocenters. The van der Waals surface area contributed by atoms with Crippen LogP contribution in [-0.2, 0) is 18.4 Å². The fraction of sp³-hybridized carbons (Fsp3) is 0.174. The van der Waals surface area contributed by atoms with Gasteiger partial charge in [-0.3, -0.25) is 9.59 Å². The second kappa shape index (κ2) is 11.2. The maximum absolute atomic E-state index is 12.5. The number of benzene rings is 2. The molecule has 2 aromatic carbocycles. The minimum absolute atomic E-state index is 0.140. The first-order valence-electron chi connectivity index (χ1n) is 10.4. The SMILES string of the molecule is Cc1sc(NC(=O)CSc2nnc(CNC(=O)c3ccc(Cl)c(Cl)c3)n2C)nc1-c1ccccc1. The van der Waals surface area contributed by atoms with E-state index >= 15 is 0 Å². The number of rotatable bonds is 8. The molecular weight excluding hydrogens is 527 g/mol. The van der Waals surface area contributed by atoms with Crippen LogP contribution in [0.3, 0.4) is 0 Å². The van der Waals surface area contributed by atoms with Gasteiger partial charge in [0.05, 0.1) is 28.0 Å². The third-order valence-electron chi connectivity index (χ3n) is 4.94. The fourth-order valence-corrected chi connectivity index (χ4v) is 5.00. The molecule has 180 valence electrons. The summed E-state index contributed by atoms with van der Waals surface area (Å²) < 4.78 is 1.73. The lowest BCUT2D eigenvalue weighted by atomic mass is 10.1. The molecule has 0 aliphatic rings. The van der Waals surface area contributed by atoms with Gasteiger partial charge in [-0.1, -0.05) is 65.3 Å². The predicted octanol–water partition coefficient (Wildman–Crippen LogP) is 5.21. The normalized spacial score (nSPS) is 10.9. The van der Waals surface area contributed by atoms with Gasteiger partial charge in [-0.05, 0) is 25.1 Å². The first-order valence-corrected chi connectivity index (χ1v) is 12.9. The Labute approximate surface area is 220 Å². The molecule has 8 nitrogen and oxygen atoms in total. The lowest BCUT2D eigenvalue weighted by Gasteiger charge is -2.07. The number of nitrogens with one attached hydrogen (secondary N) is 2. The van der Waals surface area contributed by atoms with Crippen LogP contribution in [0.15, 0.2) is 53.7 Å². The van der Waals surface area contributed by atoms with Crippen LogP contribution >= 0.6 is 46.3 Å². The van der Waals surface area contributed by atoms with Crippen molar-refractivity contribution in [3.05, 3.63) is 74.8 Å². The quantitative estimate of drug-likeness (QED) is 0.294. The van der Waals surface area contributed by atoms with E-state index in [1.807, 2.05) is 37.3 Å². The summed E-state index contributed by atoms with van der Waals surface area (Å²) in [5.74, 6) is 0.180. The number of thiazole rings is 1. The summed E-state index contributed by atoms with van der Waals surface area (Å²) in [6.45, 7) is 2.14. The van der Waals surface area contributed by atoms with Gasteiger partial charge in [-0.15, -0.1) is 21.5 Å². The van der Waals surface area contributed by atoms with Gasteiger partial charge in [0.15, 0.2) is 16.1 Å². The molecule has 2 N–H and O–H groups in total. The topological polar surface area (TPSA) is 102 Å². The van der Waals surface area contributed by atoms with E-state index in [4.69, 9.17) is 23.2 Å². The molecule has 2 amide bonds. The minimum atomic E-state index is -0.311. The van der Waals surface area contributed by atoms with Crippen LogP contribution in [0.4, 0.5) is 5.13 Å². The van der Waals surface area contributed by atoms with Crippen molar-refractivity contribution < 1.29 is 9.59 Å². The summed E-state index contributed by atoms with van der Waals surface area (Å²) in [5.41, 5.74) is 2.26. The van der Waals surface area contributed by atoms with E-state index in [2.05, 4.69) is 25.8 Å². The van der Waals surface area contributed by atoms with Crippen molar-refractivity contribution in [2.45, 2.75) is 18.6 Å². The Kier molecular flexibility index (Phi) is 8.07. The summed E-state index contributed by atoms with van der Waals surface area (Å²) in [4.78, 5) is 30.4. The third kappa shape index (κ3) is 6.21. The standard InChI is InChI=1S/C23H20Cl2N6O2S2/c1-13-20(14-6-4-3-5-7-14)28-22(35-13)27-19(32)12-34-23-30-29-18(31(23)2)11-26-21(33)15-8-9-16(24)17(25)10-15/h3-10H,11-12H2,1-2H3,(H,26,33)(H,27,28,32). The molecule has 35 heavy (non-hydrogen) atoms. The van der Waals surface area contributed by atoms with Crippen LogP contribution in [0.25, 0.3) is 11.3 Å². The van der Waals surface area contributed by atoms with Crippen LogP contribution in [0, 0.1) is 6.92 Å². The zero-order chi connectivity index (χ0) is 24.9. The Morgan fingerprint density at radius 1 is 1.09 bits per heavy atom. The van der Waals surface area contributed by atoms with E-state index in [-0.39, 0.29) is 24.1 Å². The third-order valence-corrected chi connectivity index (χ3v) is 7.58. The maximum atomic E-state index is 12.5. The van der Waals surface area contributed by atoms with Crippen molar-refractivity contribution >= 4 is 63.2 Å². The van der Waals surface area contributed by atoms with E-state index in [1.54, 1.807) is 23.7 Å². The number of aromatic nitrogens is 4. The molecule has 2 heterocycles. The first kappa shape index (κ1) is 25.2. The number of carbonyl (C=O) groups is 2. The fourth-order valence-electron chi connectivity index (χ4n) is 3.12. The minimum Gasteiger partial charge on any atom is -0.345 e. The summed E-state index contributed by atoms with van der Waals surface area (Å²) in [6, 6.07) is 14.5. The van der Waals surface area contributed by atoms with Gasteiger partial charge < -0.3 is 15.2 Å². The Hall–Kier alpha value is -2.92. The second-order valence-electron chi connectivity index (χ2n) is 7.40. The summed E-state index contributed by atoms with van der Waals surface area (Å²) in [5, 5.41) is 15.6. The number of aryl methyl sites for hydroxylation is 1. The molecule has 0 aliphatic carbocycles. The van der Waals surface area contributed by atoms with E-state index in [1.165, 1.54) is 29.2 Å². The highest BCUT2D eigenvalue weighted by Crippen LogP contribution is 2.30. The Morgan fingerprint density at radius 2 is 1.86 bits per heavy atom. The Balaban J connectivity index is 1.30. The molecule has 12 heteroatoms. The van der Waals surface area contributed by atoms with Gasteiger partial charge in [0, 0.05) is 23.1 Å². The molecule has 0 radical (unpaired) electrons. The molecule has 4 aromatic rings. The second-order valence-corrected chi connectivity index (χ2v) is 10.4. The highest BCUT2D eigenvalue weighted by Gasteiger charge is 2.16. The van der Waals surface area contributed by atoms with E-state index < -0.39 is 0 Å². The average Bonchev–Trinajstić information content (AvgIpc) is 3.39. The number of halogens is 2. The van der Waals surface area contributed by atoms with E-state index in [0.29, 0.717) is 31.7 Å². The molecule has 0 fully saturated rings. The van der Waals surface area contributed by atoms with Crippen molar-refractivity contribution in [3.8, 4) is 11.3 Å². The predicted molar refractivity (Wildman–Crippen MR) is 140 cm³/mol. The summed E-state index contributed by atoms with van der Waals surface area (Å²) >= 11 is 14.5. The molecule has 0 spiro atoms. The van der Waals surface area contributed by atoms with Crippen LogP contribution in [0.2, 0.25) is 10.0 Å². The monoisotopic (exact) mass is 546 g/mol. The first-order chi connectivity index (χ1) is 16.8. The Bertz CT molecular complexity index is 1370. The zero-order valence-corrected chi connectivity index (χ0v) is 21.9. The zero-order valence-electron chi connectivity index (χ0n) is 18.7. The molecule has 0 bridgehead atoms. The largest absolute Gasteiger partial charge is 0.345 e. The van der Waals surface area contributed by atoms with Gasteiger partial charge in [0.25, 0.3) is 5.91 Å². The van der Waals surface area contributed by atoms with Crippen molar-refractivity contribution in [1.82, 2.24) is 25.1 Å². The lowest BCUT2D eigenvalue weighted by molar-refractivity contribution is -0.113. The number of hydrogen-bond donors (Lipinski definition) is 2. The lowest BCUT2D eigenvalue weighted by Crippen LogP contribution is -2.24. The number of amides is 2. The van der Waals surface area contributed by atoms with E-state index in [9.17, 15) is 9.59 Å². The number of nitrogens with zero attached hydrogens (tertiary/aromatic N) is 4. The Morgan fingerprint density at radius 3 is 2.60 bits per heavy atom. The van der Waals surface area contributed by atoms with Crippen LogP contribution in [-0.4, -0.2) is 37.3 Å². The van der Waals surface area contributed by atoms with Crippen molar-refractivity contribution in [2.75, 3.05) is 11.1 Å². The summed E-state index contributed by atoms with van der Waals surface area (Å²) in [7, 11) is 1.78. The van der Waals surface area contributed by atoms with Gasteiger partial charge in [0.2, 0.25) is 5.91 Å². The molecule has 0 unspecified atom stereocenters. The number of anilines is 1. The molecule has 4 rings (SSSR count). The molecular formula is C23H20Cl2N6O2S2. The number of hydrogen-bond acceptors (Lipinski definition) is 7. The molecule has 2 aromatic heterocycles. The number of thioether (sulfide) groups is 1. The van der Waals surface area contributed by atoms with Crippen molar-refractivity contribution in [3.63, 3.8) is 0 Å². The van der Waals surface area contributed by atoms with Crippen LogP contribution in [0.1, 0.15) is 21.1 Å². The maximum Gasteiger partial charge on any atom is 0.251 e. The van der Waals surface area contributed by atoms with Gasteiger partial charge >= 0.3 is 0 Å². The highest BCUT2D eigenvalue weighted by atomic mass is 35.5. The van der Waals surface area contributed by atoms with Crippen LogP contribution in [0.5, 0.6) is 0 Å². The molecule has 0 saturated heterocycles. The highest BCUT2D eigenvalue weighted by molar-refractivity contribution is 7.99. The molecule has 0 saturated carbocycles. The van der Waals surface area contributed by atoms with Crippen molar-refractivity contribution in [2.24, 2.45) is 7.05 Å². The number of carbonyl (C=O) groups excluding carboxylic acids is 2. The van der Waals surface area contributed by atoms with Gasteiger partial charge in [-0.25, -0.2) is 4.98 Å². The van der Waals surface area contributed by atoms with Crippen LogP contribution < -0.4 is 10.6 Å². The van der Waals surface area contributed by atoms with Gasteiger partial charge in [0.1, 0.15) is 0 Å². The molecule has 0 aliphatic heterocycles. The van der Waals surface area contributed by atoms with Gasteiger partial charge in [-0.2, -0.15) is 0 Å². The van der Waals surface area contributed by atoms with Crippen molar-refractivity contribution in [1.29, 1.82) is 0 Å². The average molecular weight is 547 g/mol. The smallest absolute Gasteiger partial charge is 0.251 e. The van der Waals surface area contributed by atoms with E-state index in [0.717, 1.165) is 16.1 Å². The summed E-state index contributed by atoms with van der Waals surface area (Å²) in [6.07, 6.45) is 0.